The smallest absolute Gasteiger partial charge is 0.356 e. The van der Waals surface area contributed by atoms with Gasteiger partial charge in [-0.3, -0.25) is 9.58 Å². The van der Waals surface area contributed by atoms with E-state index in [0.717, 1.165) is 68.0 Å². The Labute approximate surface area is 196 Å². The van der Waals surface area contributed by atoms with E-state index in [0.29, 0.717) is 16.8 Å². The van der Waals surface area contributed by atoms with Gasteiger partial charge in [-0.15, -0.1) is 11.3 Å². The molecule has 3 aromatic rings. The number of fused-ring (bicyclic) bond motifs is 1. The number of aromatic nitrogens is 4. The fourth-order valence-corrected chi connectivity index (χ4v) is 5.71. The van der Waals surface area contributed by atoms with Gasteiger partial charge < -0.3 is 4.90 Å². The van der Waals surface area contributed by atoms with Crippen molar-refractivity contribution in [2.45, 2.75) is 58.3 Å². The van der Waals surface area contributed by atoms with E-state index in [1.165, 1.54) is 11.9 Å². The Balaban J connectivity index is 1.50. The summed E-state index contributed by atoms with van der Waals surface area (Å²) in [7, 11) is 1.94. The van der Waals surface area contributed by atoms with Crippen LogP contribution < -0.4 is 4.90 Å². The van der Waals surface area contributed by atoms with Gasteiger partial charge in [-0.1, -0.05) is 13.8 Å². The maximum Gasteiger partial charge on any atom is 0.393 e. The van der Waals surface area contributed by atoms with Crippen LogP contribution in [0.2, 0.25) is 0 Å². The van der Waals surface area contributed by atoms with Gasteiger partial charge in [-0.2, -0.15) is 18.3 Å². The van der Waals surface area contributed by atoms with Crippen molar-refractivity contribution in [1.82, 2.24) is 24.6 Å². The Hall–Kier alpha value is -2.20. The van der Waals surface area contributed by atoms with Crippen LogP contribution >= 0.6 is 11.3 Å². The van der Waals surface area contributed by atoms with Crippen molar-refractivity contribution in [2.75, 3.05) is 24.5 Å². The molecular weight excluding hydrogens is 449 g/mol. The second-order valence-electron chi connectivity index (χ2n) is 9.34. The Morgan fingerprint density at radius 2 is 2.03 bits per heavy atom. The molecule has 0 bridgehead atoms. The van der Waals surface area contributed by atoms with Crippen LogP contribution in [0.5, 0.6) is 0 Å². The SMILES string of the molecule is CC(C)CN(Cc1cnn(C)c1)[C@@H]1CCCN(c2ncnc3sc(CC(F)(F)F)cc23)CC1. The van der Waals surface area contributed by atoms with E-state index in [1.54, 1.807) is 6.07 Å². The molecule has 0 spiro atoms. The normalized spacial score (nSPS) is 17.9. The molecule has 1 fully saturated rings. The van der Waals surface area contributed by atoms with Gasteiger partial charge in [0.15, 0.2) is 0 Å². The predicted molar refractivity (Wildman–Crippen MR) is 125 cm³/mol. The lowest BCUT2D eigenvalue weighted by Gasteiger charge is -2.32. The molecule has 1 aliphatic heterocycles. The molecule has 0 unspecified atom stereocenters. The van der Waals surface area contributed by atoms with Crippen molar-refractivity contribution in [1.29, 1.82) is 0 Å². The average molecular weight is 481 g/mol. The van der Waals surface area contributed by atoms with Crippen LogP contribution in [0.15, 0.2) is 24.8 Å². The van der Waals surface area contributed by atoms with E-state index >= 15 is 0 Å². The van der Waals surface area contributed by atoms with Crippen molar-refractivity contribution in [3.05, 3.63) is 35.2 Å². The number of halogens is 3. The molecule has 1 aliphatic rings. The van der Waals surface area contributed by atoms with Crippen LogP contribution in [0, 0.1) is 5.92 Å². The van der Waals surface area contributed by atoms with Crippen LogP contribution in [0.1, 0.15) is 43.6 Å². The van der Waals surface area contributed by atoms with Crippen molar-refractivity contribution in [3.8, 4) is 0 Å². The number of hydrogen-bond acceptors (Lipinski definition) is 6. The number of rotatable bonds is 7. The predicted octanol–water partition coefficient (Wildman–Crippen LogP) is 5.05. The van der Waals surface area contributed by atoms with Crippen molar-refractivity contribution in [2.24, 2.45) is 13.0 Å². The highest BCUT2D eigenvalue weighted by atomic mass is 32.1. The third-order valence-corrected chi connectivity index (χ3v) is 7.03. The van der Waals surface area contributed by atoms with Crippen molar-refractivity contribution >= 4 is 27.4 Å². The molecule has 3 aromatic heterocycles. The molecule has 0 aliphatic carbocycles. The minimum Gasteiger partial charge on any atom is -0.356 e. The third-order valence-electron chi connectivity index (χ3n) is 5.99. The van der Waals surface area contributed by atoms with Gasteiger partial charge in [0.25, 0.3) is 0 Å². The Bertz CT molecular complexity index is 1060. The minimum absolute atomic E-state index is 0.284. The van der Waals surface area contributed by atoms with E-state index in [2.05, 4.69) is 44.9 Å². The molecule has 0 saturated carbocycles. The van der Waals surface area contributed by atoms with Gasteiger partial charge in [0.1, 0.15) is 17.0 Å². The monoisotopic (exact) mass is 480 g/mol. The number of aryl methyl sites for hydroxylation is 1. The Kier molecular flexibility index (Phi) is 7.23. The largest absolute Gasteiger partial charge is 0.393 e. The summed E-state index contributed by atoms with van der Waals surface area (Å²) in [6.07, 6.45) is 3.41. The summed E-state index contributed by atoms with van der Waals surface area (Å²) >= 11 is 1.11. The van der Waals surface area contributed by atoms with Crippen LogP contribution in [-0.4, -0.2) is 56.5 Å². The first-order valence-corrected chi connectivity index (χ1v) is 12.3. The Morgan fingerprint density at radius 3 is 2.73 bits per heavy atom. The van der Waals surface area contributed by atoms with Gasteiger partial charge in [0, 0.05) is 55.9 Å². The maximum atomic E-state index is 12.9. The third kappa shape index (κ3) is 6.23. The number of nitrogens with zero attached hydrogens (tertiary/aromatic N) is 6. The fourth-order valence-electron chi connectivity index (χ4n) is 4.69. The van der Waals surface area contributed by atoms with Gasteiger partial charge >= 0.3 is 6.18 Å². The summed E-state index contributed by atoms with van der Waals surface area (Å²) < 4.78 is 40.5. The van der Waals surface area contributed by atoms with Gasteiger partial charge in [0.05, 0.1) is 18.0 Å². The summed E-state index contributed by atoms with van der Waals surface area (Å²) in [6, 6.07) is 2.07. The first-order chi connectivity index (χ1) is 15.7. The molecule has 33 heavy (non-hydrogen) atoms. The molecule has 4 heterocycles. The molecule has 180 valence electrons. The topological polar surface area (TPSA) is 50.1 Å². The molecule has 1 atom stereocenters. The van der Waals surface area contributed by atoms with E-state index in [-0.39, 0.29) is 4.88 Å². The average Bonchev–Trinajstić information content (AvgIpc) is 3.22. The first-order valence-electron chi connectivity index (χ1n) is 11.4. The molecule has 0 aromatic carbocycles. The van der Waals surface area contributed by atoms with Gasteiger partial charge in [0.2, 0.25) is 0 Å². The molecule has 1 saturated heterocycles. The molecule has 10 heteroatoms. The second kappa shape index (κ2) is 9.97. The van der Waals surface area contributed by atoms with Crippen molar-refractivity contribution < 1.29 is 13.2 Å². The molecule has 0 amide bonds. The second-order valence-corrected chi connectivity index (χ2v) is 10.5. The first kappa shape index (κ1) is 23.9. The lowest BCUT2D eigenvalue weighted by Crippen LogP contribution is -2.38. The summed E-state index contributed by atoms with van der Waals surface area (Å²) in [4.78, 5) is 14.4. The van der Waals surface area contributed by atoms with Gasteiger partial charge in [-0.05, 0) is 31.2 Å². The highest BCUT2D eigenvalue weighted by Gasteiger charge is 2.30. The zero-order chi connectivity index (χ0) is 23.6. The standard InChI is InChI=1S/C23H31F3N6S/c1-16(2)12-32(14-17-11-29-30(3)13-17)18-5-4-7-31(8-6-18)21-20-9-19(10-23(24,25)26)33-22(20)28-15-27-21/h9,11,13,15-16,18H,4-8,10,12,14H2,1-3H3/t18-/m1/s1. The molecule has 0 radical (unpaired) electrons. The number of alkyl halides is 3. The van der Waals surface area contributed by atoms with Crippen LogP contribution in [-0.2, 0) is 20.0 Å². The summed E-state index contributed by atoms with van der Waals surface area (Å²) in [5.41, 5.74) is 1.22. The molecule has 6 nitrogen and oxygen atoms in total. The highest BCUT2D eigenvalue weighted by molar-refractivity contribution is 7.18. The van der Waals surface area contributed by atoms with Gasteiger partial charge in [-0.25, -0.2) is 9.97 Å². The maximum absolute atomic E-state index is 12.9. The zero-order valence-corrected chi connectivity index (χ0v) is 20.2. The summed E-state index contributed by atoms with van der Waals surface area (Å²) in [5.74, 6) is 1.31. The quantitative estimate of drug-likeness (QED) is 0.474. The van der Waals surface area contributed by atoms with E-state index < -0.39 is 12.6 Å². The van der Waals surface area contributed by atoms with E-state index in [4.69, 9.17) is 0 Å². The fraction of sp³-hybridized carbons (Fsp3) is 0.609. The summed E-state index contributed by atoms with van der Waals surface area (Å²) in [5, 5.41) is 5.05. The number of anilines is 1. The van der Waals surface area contributed by atoms with Crippen LogP contribution in [0.25, 0.3) is 10.2 Å². The van der Waals surface area contributed by atoms with Crippen molar-refractivity contribution in [3.63, 3.8) is 0 Å². The molecule has 4 rings (SSSR count). The zero-order valence-electron chi connectivity index (χ0n) is 19.3. The van der Waals surface area contributed by atoms with Crippen LogP contribution in [0.3, 0.4) is 0 Å². The highest BCUT2D eigenvalue weighted by Crippen LogP contribution is 2.34. The lowest BCUT2D eigenvalue weighted by molar-refractivity contribution is -0.126. The minimum atomic E-state index is -4.22. The lowest BCUT2D eigenvalue weighted by atomic mass is 10.0. The van der Waals surface area contributed by atoms with E-state index in [9.17, 15) is 13.2 Å². The summed E-state index contributed by atoms with van der Waals surface area (Å²) in [6.45, 7) is 8.04. The van der Waals surface area contributed by atoms with E-state index in [1.807, 2.05) is 17.9 Å². The Morgan fingerprint density at radius 1 is 1.21 bits per heavy atom. The molecule has 0 N–H and O–H groups in total. The van der Waals surface area contributed by atoms with Crippen LogP contribution in [0.4, 0.5) is 19.0 Å². The molecular formula is C23H31F3N6S. The number of hydrogen-bond donors (Lipinski definition) is 0. The number of thiophene rings is 1.